The SMILES string of the molecule is O=S(=O)(O)CCCN1C=C(Cl)SC1. The van der Waals surface area contributed by atoms with Gasteiger partial charge in [-0.25, -0.2) is 0 Å². The average Bonchev–Trinajstić information content (AvgIpc) is 2.33. The summed E-state index contributed by atoms with van der Waals surface area (Å²) < 4.78 is 29.9. The van der Waals surface area contributed by atoms with E-state index in [1.165, 1.54) is 11.8 Å². The van der Waals surface area contributed by atoms with Crippen molar-refractivity contribution in [3.05, 3.63) is 10.6 Å². The lowest BCUT2D eigenvalue weighted by Crippen LogP contribution is -2.17. The third kappa shape index (κ3) is 4.75. The van der Waals surface area contributed by atoms with Gasteiger partial charge >= 0.3 is 0 Å². The molecule has 1 heterocycles. The fourth-order valence-electron chi connectivity index (χ4n) is 0.942. The second kappa shape index (κ2) is 4.54. The Hall–Kier alpha value is 0.0900. The highest BCUT2D eigenvalue weighted by atomic mass is 35.5. The van der Waals surface area contributed by atoms with Gasteiger partial charge in [0.15, 0.2) is 0 Å². The molecule has 0 bridgehead atoms. The number of hydrogen-bond donors (Lipinski definition) is 1. The Morgan fingerprint density at radius 3 is 2.85 bits per heavy atom. The largest absolute Gasteiger partial charge is 0.366 e. The van der Waals surface area contributed by atoms with Crippen LogP contribution in [0.5, 0.6) is 0 Å². The smallest absolute Gasteiger partial charge is 0.264 e. The quantitative estimate of drug-likeness (QED) is 0.755. The van der Waals surface area contributed by atoms with Crippen LogP contribution in [-0.4, -0.2) is 36.0 Å². The van der Waals surface area contributed by atoms with E-state index in [0.29, 0.717) is 17.3 Å². The number of halogens is 1. The van der Waals surface area contributed by atoms with Crippen LogP contribution in [-0.2, 0) is 10.1 Å². The van der Waals surface area contributed by atoms with E-state index in [-0.39, 0.29) is 5.75 Å². The molecule has 0 unspecified atom stereocenters. The molecule has 0 aromatic carbocycles. The van der Waals surface area contributed by atoms with Crippen molar-refractivity contribution in [3.63, 3.8) is 0 Å². The van der Waals surface area contributed by atoms with Crippen LogP contribution >= 0.6 is 23.4 Å². The second-order valence-electron chi connectivity index (χ2n) is 2.66. The highest BCUT2D eigenvalue weighted by Gasteiger charge is 2.11. The lowest BCUT2D eigenvalue weighted by Gasteiger charge is -2.12. The first-order valence-electron chi connectivity index (χ1n) is 3.67. The van der Waals surface area contributed by atoms with Crippen molar-refractivity contribution in [1.82, 2.24) is 4.90 Å². The second-order valence-corrected chi connectivity index (χ2v) is 5.85. The third-order valence-corrected chi connectivity index (χ3v) is 3.57. The number of nitrogens with zero attached hydrogens (tertiary/aromatic N) is 1. The summed E-state index contributed by atoms with van der Waals surface area (Å²) >= 11 is 7.19. The Morgan fingerprint density at radius 1 is 1.69 bits per heavy atom. The molecule has 0 radical (unpaired) electrons. The van der Waals surface area contributed by atoms with Gasteiger partial charge in [-0.3, -0.25) is 4.55 Å². The summed E-state index contributed by atoms with van der Waals surface area (Å²) in [5.41, 5.74) is 0. The zero-order valence-corrected chi connectivity index (χ0v) is 9.20. The summed E-state index contributed by atoms with van der Waals surface area (Å²) in [6, 6.07) is 0. The molecule has 0 saturated heterocycles. The van der Waals surface area contributed by atoms with Crippen LogP contribution < -0.4 is 0 Å². The predicted molar refractivity (Wildman–Crippen MR) is 54.1 cm³/mol. The average molecular weight is 244 g/mol. The Labute approximate surface area is 86.7 Å². The van der Waals surface area contributed by atoms with Gasteiger partial charge in [0.1, 0.15) is 0 Å². The molecule has 1 rings (SSSR count). The molecule has 0 spiro atoms. The standard InChI is InChI=1S/C6H10ClNO3S2/c7-6-4-8(5-12-6)2-1-3-13(9,10)11/h4H,1-3,5H2,(H,9,10,11). The van der Waals surface area contributed by atoms with Crippen LogP contribution in [0.25, 0.3) is 0 Å². The van der Waals surface area contributed by atoms with Crippen LogP contribution in [0.15, 0.2) is 10.6 Å². The summed E-state index contributed by atoms with van der Waals surface area (Å²) in [5, 5.41) is 0. The van der Waals surface area contributed by atoms with Crippen LogP contribution in [0.2, 0.25) is 0 Å². The zero-order chi connectivity index (χ0) is 9.90. The van der Waals surface area contributed by atoms with Crippen molar-refractivity contribution in [1.29, 1.82) is 0 Å². The fraction of sp³-hybridized carbons (Fsp3) is 0.667. The lowest BCUT2D eigenvalue weighted by atomic mass is 10.4. The van der Waals surface area contributed by atoms with Crippen molar-refractivity contribution in [2.45, 2.75) is 6.42 Å². The topological polar surface area (TPSA) is 57.6 Å². The number of hydrogen-bond acceptors (Lipinski definition) is 4. The van der Waals surface area contributed by atoms with Crippen molar-refractivity contribution in [2.75, 3.05) is 18.2 Å². The summed E-state index contributed by atoms with van der Waals surface area (Å²) in [6.45, 7) is 0.600. The van der Waals surface area contributed by atoms with E-state index in [9.17, 15) is 8.42 Å². The fourth-order valence-corrected chi connectivity index (χ4v) is 2.44. The summed E-state index contributed by atoms with van der Waals surface area (Å²) in [7, 11) is -3.82. The maximum atomic E-state index is 10.4. The molecule has 0 saturated carbocycles. The highest BCUT2D eigenvalue weighted by Crippen LogP contribution is 2.28. The van der Waals surface area contributed by atoms with Gasteiger partial charge in [-0.15, -0.1) is 0 Å². The van der Waals surface area contributed by atoms with E-state index in [0.717, 1.165) is 5.88 Å². The predicted octanol–water partition coefficient (Wildman–Crippen LogP) is 1.31. The Kier molecular flexibility index (Phi) is 3.90. The van der Waals surface area contributed by atoms with E-state index in [1.54, 1.807) is 6.20 Å². The molecular formula is C6H10ClNO3S2. The lowest BCUT2D eigenvalue weighted by molar-refractivity contribution is 0.434. The summed E-state index contributed by atoms with van der Waals surface area (Å²) in [5.74, 6) is 0.559. The van der Waals surface area contributed by atoms with Gasteiger partial charge in [-0.1, -0.05) is 23.4 Å². The molecule has 0 aromatic rings. The number of thioether (sulfide) groups is 1. The molecule has 7 heteroatoms. The van der Waals surface area contributed by atoms with Crippen LogP contribution in [0.1, 0.15) is 6.42 Å². The molecule has 0 fully saturated rings. The van der Waals surface area contributed by atoms with Crippen LogP contribution in [0.4, 0.5) is 0 Å². The van der Waals surface area contributed by atoms with Crippen LogP contribution in [0, 0.1) is 0 Å². The van der Waals surface area contributed by atoms with E-state index in [1.807, 2.05) is 4.90 Å². The van der Waals surface area contributed by atoms with E-state index in [2.05, 4.69) is 0 Å². The van der Waals surface area contributed by atoms with Gasteiger partial charge in [0.05, 0.1) is 16.0 Å². The summed E-state index contributed by atoms with van der Waals surface area (Å²) in [4.78, 5) is 1.91. The van der Waals surface area contributed by atoms with Gasteiger partial charge in [0.2, 0.25) is 0 Å². The minimum absolute atomic E-state index is 0.195. The molecule has 0 aromatic heterocycles. The molecule has 4 nitrogen and oxygen atoms in total. The Morgan fingerprint density at radius 2 is 2.38 bits per heavy atom. The van der Waals surface area contributed by atoms with E-state index >= 15 is 0 Å². The van der Waals surface area contributed by atoms with Crippen molar-refractivity contribution in [2.24, 2.45) is 0 Å². The van der Waals surface area contributed by atoms with Gasteiger partial charge in [-0.2, -0.15) is 8.42 Å². The molecule has 1 aliphatic rings. The molecule has 1 N–H and O–H groups in total. The first-order chi connectivity index (χ1) is 5.97. The molecule has 0 atom stereocenters. The summed E-state index contributed by atoms with van der Waals surface area (Å²) in [6.07, 6.45) is 2.19. The third-order valence-electron chi connectivity index (χ3n) is 1.50. The molecule has 0 aliphatic carbocycles. The monoisotopic (exact) mass is 243 g/mol. The Balaban J connectivity index is 2.21. The highest BCUT2D eigenvalue weighted by molar-refractivity contribution is 8.04. The normalized spacial score (nSPS) is 17.7. The Bertz CT molecular complexity index is 301. The van der Waals surface area contributed by atoms with Crippen molar-refractivity contribution < 1.29 is 13.0 Å². The van der Waals surface area contributed by atoms with Gasteiger partial charge < -0.3 is 4.90 Å². The minimum Gasteiger partial charge on any atom is -0.366 e. The molecule has 0 amide bonds. The van der Waals surface area contributed by atoms with E-state index < -0.39 is 10.1 Å². The first-order valence-corrected chi connectivity index (χ1v) is 6.64. The van der Waals surface area contributed by atoms with Crippen LogP contribution in [0.3, 0.4) is 0 Å². The maximum absolute atomic E-state index is 10.4. The first kappa shape index (κ1) is 11.2. The molecular weight excluding hydrogens is 234 g/mol. The minimum atomic E-state index is -3.82. The zero-order valence-electron chi connectivity index (χ0n) is 6.81. The van der Waals surface area contributed by atoms with Gasteiger partial charge in [-0.05, 0) is 6.42 Å². The molecule has 76 valence electrons. The molecule has 1 aliphatic heterocycles. The maximum Gasteiger partial charge on any atom is 0.264 e. The van der Waals surface area contributed by atoms with Crippen molar-refractivity contribution >= 4 is 33.5 Å². The van der Waals surface area contributed by atoms with Crippen molar-refractivity contribution in [3.8, 4) is 0 Å². The van der Waals surface area contributed by atoms with E-state index in [4.69, 9.17) is 16.2 Å². The van der Waals surface area contributed by atoms with Gasteiger partial charge in [0.25, 0.3) is 10.1 Å². The van der Waals surface area contributed by atoms with Gasteiger partial charge in [0, 0.05) is 12.7 Å². The molecule has 13 heavy (non-hydrogen) atoms. The number of rotatable bonds is 4.